The zero-order valence-corrected chi connectivity index (χ0v) is 18.2. The largest absolute Gasteiger partial charge is 0.497 e. The summed E-state index contributed by atoms with van der Waals surface area (Å²) in [6.45, 7) is 3.90. The van der Waals surface area contributed by atoms with E-state index in [1.807, 2.05) is 63.4 Å². The number of ether oxygens (including phenoxy) is 1. The number of nitrogens with zero attached hydrogens (tertiary/aromatic N) is 3. The van der Waals surface area contributed by atoms with Crippen LogP contribution in [0.4, 0.5) is 0 Å². The highest BCUT2D eigenvalue weighted by Crippen LogP contribution is 2.28. The second-order valence-corrected chi connectivity index (χ2v) is 7.68. The van der Waals surface area contributed by atoms with E-state index in [2.05, 4.69) is 10.4 Å². The lowest BCUT2D eigenvalue weighted by molar-refractivity contribution is 0.0939. The van der Waals surface area contributed by atoms with Crippen LogP contribution in [0.1, 0.15) is 35.2 Å². The minimum absolute atomic E-state index is 0.0118. The maximum absolute atomic E-state index is 13.3. The molecule has 1 amide bonds. The average Bonchev–Trinajstić information content (AvgIpc) is 3.39. The van der Waals surface area contributed by atoms with E-state index in [1.165, 1.54) is 0 Å². The van der Waals surface area contributed by atoms with Gasteiger partial charge in [-0.15, -0.1) is 0 Å². The van der Waals surface area contributed by atoms with E-state index in [0.717, 1.165) is 41.0 Å². The van der Waals surface area contributed by atoms with Gasteiger partial charge in [0.05, 0.1) is 35.7 Å². The number of aromatic nitrogens is 3. The fourth-order valence-corrected chi connectivity index (χ4v) is 3.72. The lowest BCUT2D eigenvalue weighted by Gasteiger charge is -2.15. The van der Waals surface area contributed by atoms with Crippen molar-refractivity contribution in [1.82, 2.24) is 20.1 Å². The fourth-order valence-electron chi connectivity index (χ4n) is 3.72. The minimum Gasteiger partial charge on any atom is -0.497 e. The molecule has 3 aromatic heterocycles. The first-order valence-electron chi connectivity index (χ1n) is 10.3. The number of carbonyl (C=O) groups excluding carboxylic acids is 1. The van der Waals surface area contributed by atoms with Crippen LogP contribution in [0.25, 0.3) is 22.3 Å². The van der Waals surface area contributed by atoms with Crippen molar-refractivity contribution in [3.05, 3.63) is 65.7 Å². The molecular formula is C24H26N4O3. The first kappa shape index (κ1) is 20.7. The van der Waals surface area contributed by atoms with Crippen LogP contribution >= 0.6 is 0 Å². The molecule has 0 bridgehead atoms. The molecule has 3 heterocycles. The third-order valence-electron chi connectivity index (χ3n) is 5.38. The summed E-state index contributed by atoms with van der Waals surface area (Å²) in [6, 6.07) is 13.3. The zero-order valence-electron chi connectivity index (χ0n) is 18.2. The number of fused-ring (bicyclic) bond motifs is 1. The molecule has 0 unspecified atom stereocenters. The summed E-state index contributed by atoms with van der Waals surface area (Å²) >= 11 is 0. The number of nitrogens with one attached hydrogen (secondary N) is 1. The van der Waals surface area contributed by atoms with Gasteiger partial charge in [-0.05, 0) is 62.7 Å². The molecule has 7 heteroatoms. The van der Waals surface area contributed by atoms with Gasteiger partial charge in [-0.25, -0.2) is 4.98 Å². The maximum Gasteiger partial charge on any atom is 0.252 e. The van der Waals surface area contributed by atoms with E-state index in [1.54, 1.807) is 18.1 Å². The molecule has 160 valence electrons. The number of amides is 1. The number of furan rings is 1. The number of pyridine rings is 1. The molecule has 31 heavy (non-hydrogen) atoms. The number of hydrogen-bond donors (Lipinski definition) is 1. The first-order chi connectivity index (χ1) is 15.0. The number of benzene rings is 1. The summed E-state index contributed by atoms with van der Waals surface area (Å²) in [4.78, 5) is 18.0. The Labute approximate surface area is 181 Å². The number of hydrogen-bond acceptors (Lipinski definition) is 5. The smallest absolute Gasteiger partial charge is 0.252 e. The van der Waals surface area contributed by atoms with Crippen molar-refractivity contribution in [1.29, 1.82) is 0 Å². The number of methoxy groups -OCH3 is 1. The Kier molecular flexibility index (Phi) is 5.75. The van der Waals surface area contributed by atoms with Crippen LogP contribution in [0.5, 0.6) is 5.75 Å². The van der Waals surface area contributed by atoms with Crippen molar-refractivity contribution >= 4 is 16.9 Å². The van der Waals surface area contributed by atoms with E-state index in [-0.39, 0.29) is 11.9 Å². The molecule has 0 spiro atoms. The van der Waals surface area contributed by atoms with Gasteiger partial charge in [-0.3, -0.25) is 9.48 Å². The molecule has 7 nitrogen and oxygen atoms in total. The molecule has 1 atom stereocenters. The predicted octanol–water partition coefficient (Wildman–Crippen LogP) is 4.30. The van der Waals surface area contributed by atoms with Gasteiger partial charge < -0.3 is 14.5 Å². The van der Waals surface area contributed by atoms with Crippen molar-refractivity contribution in [3.63, 3.8) is 0 Å². The number of aryl methyl sites for hydroxylation is 3. The van der Waals surface area contributed by atoms with Crippen LogP contribution in [0, 0.1) is 6.92 Å². The van der Waals surface area contributed by atoms with Crippen LogP contribution in [0.2, 0.25) is 0 Å². The molecule has 0 radical (unpaired) electrons. The molecule has 1 aromatic carbocycles. The summed E-state index contributed by atoms with van der Waals surface area (Å²) in [7, 11) is 3.47. The molecule has 0 aliphatic rings. The van der Waals surface area contributed by atoms with Crippen molar-refractivity contribution in [3.8, 4) is 17.0 Å². The van der Waals surface area contributed by atoms with E-state index < -0.39 is 0 Å². The van der Waals surface area contributed by atoms with Crippen molar-refractivity contribution in [2.45, 2.75) is 32.7 Å². The molecule has 0 aliphatic carbocycles. The van der Waals surface area contributed by atoms with Crippen LogP contribution in [-0.2, 0) is 13.5 Å². The van der Waals surface area contributed by atoms with Crippen LogP contribution < -0.4 is 10.1 Å². The Hall–Kier alpha value is -3.61. The second kappa shape index (κ2) is 8.63. The van der Waals surface area contributed by atoms with E-state index in [4.69, 9.17) is 14.1 Å². The van der Waals surface area contributed by atoms with Crippen LogP contribution in [0.15, 0.2) is 53.1 Å². The standard InChI is InChI=1S/C24H26N4O3/c1-15(7-10-19-6-5-13-31-19)25-24(29)20-14-21(17-8-11-18(30-4)12-9-17)26-23-22(20)16(2)27-28(23)3/h5-6,8-9,11-15H,7,10H2,1-4H3,(H,25,29)/t15-/m0/s1. The molecule has 0 saturated heterocycles. The van der Waals surface area contributed by atoms with Gasteiger partial charge in [-0.2, -0.15) is 5.10 Å². The van der Waals surface area contributed by atoms with Gasteiger partial charge in [0.25, 0.3) is 5.91 Å². The van der Waals surface area contributed by atoms with Crippen molar-refractivity contribution in [2.24, 2.45) is 7.05 Å². The Morgan fingerprint density at radius 1 is 1.26 bits per heavy atom. The predicted molar refractivity (Wildman–Crippen MR) is 119 cm³/mol. The van der Waals surface area contributed by atoms with Gasteiger partial charge in [0, 0.05) is 25.1 Å². The number of carbonyl (C=O) groups is 1. The molecule has 1 N–H and O–H groups in total. The third kappa shape index (κ3) is 4.30. The molecule has 4 rings (SSSR count). The van der Waals surface area contributed by atoms with E-state index in [9.17, 15) is 4.79 Å². The Morgan fingerprint density at radius 2 is 2.03 bits per heavy atom. The molecule has 0 saturated carbocycles. The first-order valence-corrected chi connectivity index (χ1v) is 10.3. The molecule has 4 aromatic rings. The van der Waals surface area contributed by atoms with E-state index in [0.29, 0.717) is 16.9 Å². The van der Waals surface area contributed by atoms with Gasteiger partial charge in [-0.1, -0.05) is 0 Å². The minimum atomic E-state index is -0.134. The highest BCUT2D eigenvalue weighted by atomic mass is 16.5. The van der Waals surface area contributed by atoms with Crippen LogP contribution in [0.3, 0.4) is 0 Å². The van der Waals surface area contributed by atoms with Gasteiger partial charge in [0.15, 0.2) is 5.65 Å². The number of rotatable bonds is 7. The lowest BCUT2D eigenvalue weighted by atomic mass is 10.0. The summed E-state index contributed by atoms with van der Waals surface area (Å²) in [5, 5.41) is 8.38. The molecule has 0 aliphatic heterocycles. The monoisotopic (exact) mass is 418 g/mol. The van der Waals surface area contributed by atoms with Gasteiger partial charge >= 0.3 is 0 Å². The average molecular weight is 418 g/mol. The summed E-state index contributed by atoms with van der Waals surface area (Å²) < 4.78 is 12.4. The van der Waals surface area contributed by atoms with Gasteiger partial charge in [0.2, 0.25) is 0 Å². The topological polar surface area (TPSA) is 82.2 Å². The summed E-state index contributed by atoms with van der Waals surface area (Å²) in [5.41, 5.74) is 3.65. The van der Waals surface area contributed by atoms with Crippen LogP contribution in [-0.4, -0.2) is 33.8 Å². The van der Waals surface area contributed by atoms with Crippen molar-refractivity contribution < 1.29 is 13.9 Å². The Bertz CT molecular complexity index is 1190. The molecule has 0 fully saturated rings. The van der Waals surface area contributed by atoms with E-state index >= 15 is 0 Å². The lowest BCUT2D eigenvalue weighted by Crippen LogP contribution is -2.33. The maximum atomic E-state index is 13.3. The quantitative estimate of drug-likeness (QED) is 0.484. The third-order valence-corrected chi connectivity index (χ3v) is 5.38. The fraction of sp³-hybridized carbons (Fsp3) is 0.292. The summed E-state index contributed by atoms with van der Waals surface area (Å²) in [5.74, 6) is 1.55. The second-order valence-electron chi connectivity index (χ2n) is 7.68. The molecular weight excluding hydrogens is 392 g/mol. The zero-order chi connectivity index (χ0) is 22.0. The SMILES string of the molecule is COc1ccc(-c2cc(C(=O)N[C@@H](C)CCc3ccco3)c3c(C)nn(C)c3n2)cc1. The highest BCUT2D eigenvalue weighted by Gasteiger charge is 2.20. The highest BCUT2D eigenvalue weighted by molar-refractivity contribution is 6.07. The van der Waals surface area contributed by atoms with Gasteiger partial charge in [0.1, 0.15) is 11.5 Å². The summed E-state index contributed by atoms with van der Waals surface area (Å²) in [6.07, 6.45) is 3.21. The Balaban J connectivity index is 1.65. The van der Waals surface area contributed by atoms with Crippen molar-refractivity contribution in [2.75, 3.05) is 7.11 Å². The normalized spacial score (nSPS) is 12.1. The Morgan fingerprint density at radius 3 is 2.71 bits per heavy atom.